The van der Waals surface area contributed by atoms with Crippen molar-refractivity contribution < 1.29 is 9.18 Å². The van der Waals surface area contributed by atoms with Gasteiger partial charge in [-0.3, -0.25) is 4.79 Å². The summed E-state index contributed by atoms with van der Waals surface area (Å²) in [5.74, 6) is -0.915. The molecule has 0 saturated heterocycles. The first kappa shape index (κ1) is 13.6. The third-order valence-corrected chi connectivity index (χ3v) is 2.84. The molecule has 0 aliphatic rings. The number of nitrogen functional groups attached to an aromatic ring is 1. The van der Waals surface area contributed by atoms with Crippen molar-refractivity contribution in [3.8, 4) is 0 Å². The number of hydrogen-bond donors (Lipinski definition) is 2. The van der Waals surface area contributed by atoms with E-state index in [1.165, 1.54) is 6.07 Å². The Labute approximate surface area is 118 Å². The molecule has 0 saturated carbocycles. The first-order chi connectivity index (χ1) is 8.97. The maximum absolute atomic E-state index is 13.0. The van der Waals surface area contributed by atoms with Crippen molar-refractivity contribution >= 4 is 40.6 Å². The van der Waals surface area contributed by atoms with Gasteiger partial charge < -0.3 is 11.1 Å². The van der Waals surface area contributed by atoms with Crippen LogP contribution < -0.4 is 11.1 Å². The molecule has 0 aliphatic carbocycles. The molecule has 2 aromatic rings. The van der Waals surface area contributed by atoms with Crippen LogP contribution in [-0.2, 0) is 0 Å². The standard InChI is InChI=1S/C12H8Cl2FN3O/c13-7-4-6(15)5-8(14)11(7)18-12(19)9-2-1-3-10(16)17-9/h1-5H,(H2,16,17)(H,18,19). The quantitative estimate of drug-likeness (QED) is 0.893. The number of rotatable bonds is 2. The van der Waals surface area contributed by atoms with Gasteiger partial charge in [0, 0.05) is 0 Å². The van der Waals surface area contributed by atoms with Crippen molar-refractivity contribution in [1.82, 2.24) is 4.98 Å². The largest absolute Gasteiger partial charge is 0.384 e. The molecule has 0 unspecified atom stereocenters. The molecule has 0 atom stereocenters. The average Bonchev–Trinajstić information content (AvgIpc) is 2.33. The molecule has 98 valence electrons. The van der Waals surface area contributed by atoms with Crippen LogP contribution in [0.1, 0.15) is 10.5 Å². The summed E-state index contributed by atoms with van der Waals surface area (Å²) in [7, 11) is 0. The lowest BCUT2D eigenvalue weighted by atomic mass is 10.2. The number of pyridine rings is 1. The Morgan fingerprint density at radius 1 is 1.26 bits per heavy atom. The summed E-state index contributed by atoms with van der Waals surface area (Å²) in [5.41, 5.74) is 5.71. The summed E-state index contributed by atoms with van der Waals surface area (Å²) in [5, 5.41) is 2.47. The molecule has 0 bridgehead atoms. The van der Waals surface area contributed by atoms with Crippen LogP contribution in [0, 0.1) is 5.82 Å². The minimum Gasteiger partial charge on any atom is -0.384 e. The molecule has 1 heterocycles. The fourth-order valence-corrected chi connectivity index (χ4v) is 1.97. The fourth-order valence-electron chi connectivity index (χ4n) is 1.42. The number of anilines is 2. The molecule has 3 N–H and O–H groups in total. The predicted octanol–water partition coefficient (Wildman–Crippen LogP) is 3.36. The van der Waals surface area contributed by atoms with E-state index in [4.69, 9.17) is 28.9 Å². The molecule has 7 heteroatoms. The lowest BCUT2D eigenvalue weighted by molar-refractivity contribution is 0.102. The van der Waals surface area contributed by atoms with E-state index in [1.54, 1.807) is 12.1 Å². The summed E-state index contributed by atoms with van der Waals surface area (Å²) < 4.78 is 13.0. The lowest BCUT2D eigenvalue weighted by Crippen LogP contribution is -2.15. The zero-order valence-corrected chi connectivity index (χ0v) is 11.0. The second kappa shape index (κ2) is 5.42. The molecule has 1 amide bonds. The number of carbonyl (C=O) groups is 1. The molecule has 0 spiro atoms. The van der Waals surface area contributed by atoms with E-state index in [-0.39, 0.29) is 27.2 Å². The maximum atomic E-state index is 13.0. The molecule has 2 rings (SSSR count). The highest BCUT2D eigenvalue weighted by Crippen LogP contribution is 2.31. The van der Waals surface area contributed by atoms with Gasteiger partial charge in [-0.05, 0) is 24.3 Å². The molecule has 0 aliphatic heterocycles. The van der Waals surface area contributed by atoms with E-state index < -0.39 is 11.7 Å². The highest BCUT2D eigenvalue weighted by Gasteiger charge is 2.14. The van der Waals surface area contributed by atoms with Crippen LogP contribution in [0.4, 0.5) is 15.9 Å². The van der Waals surface area contributed by atoms with E-state index in [0.29, 0.717) is 0 Å². The zero-order chi connectivity index (χ0) is 14.0. The third-order valence-electron chi connectivity index (χ3n) is 2.25. The van der Waals surface area contributed by atoms with Crippen molar-refractivity contribution in [2.24, 2.45) is 0 Å². The van der Waals surface area contributed by atoms with Crippen LogP contribution in [-0.4, -0.2) is 10.9 Å². The highest BCUT2D eigenvalue weighted by atomic mass is 35.5. The Morgan fingerprint density at radius 2 is 1.89 bits per heavy atom. The molecular formula is C12H8Cl2FN3O. The van der Waals surface area contributed by atoms with Gasteiger partial charge in [0.05, 0.1) is 15.7 Å². The van der Waals surface area contributed by atoms with Crippen LogP contribution in [0.3, 0.4) is 0 Å². The summed E-state index contributed by atoms with van der Waals surface area (Å²) in [4.78, 5) is 15.8. The van der Waals surface area contributed by atoms with Gasteiger partial charge in [0.15, 0.2) is 0 Å². The average molecular weight is 300 g/mol. The number of hydrogen-bond acceptors (Lipinski definition) is 3. The Morgan fingerprint density at radius 3 is 2.47 bits per heavy atom. The highest BCUT2D eigenvalue weighted by molar-refractivity contribution is 6.40. The number of carbonyl (C=O) groups excluding carboxylic acids is 1. The van der Waals surface area contributed by atoms with Crippen LogP contribution in [0.5, 0.6) is 0 Å². The van der Waals surface area contributed by atoms with Crippen LogP contribution in [0.15, 0.2) is 30.3 Å². The number of nitrogens with one attached hydrogen (secondary N) is 1. The fraction of sp³-hybridized carbons (Fsp3) is 0. The molecular weight excluding hydrogens is 292 g/mol. The maximum Gasteiger partial charge on any atom is 0.274 e. The number of aromatic nitrogens is 1. The van der Waals surface area contributed by atoms with Gasteiger partial charge in [0.1, 0.15) is 17.3 Å². The van der Waals surface area contributed by atoms with Crippen LogP contribution in [0.2, 0.25) is 10.0 Å². The van der Waals surface area contributed by atoms with Gasteiger partial charge in [0.25, 0.3) is 5.91 Å². The normalized spacial score (nSPS) is 10.3. The minimum absolute atomic E-state index is 0.00209. The zero-order valence-electron chi connectivity index (χ0n) is 9.45. The molecule has 4 nitrogen and oxygen atoms in total. The molecule has 1 aromatic carbocycles. The predicted molar refractivity (Wildman–Crippen MR) is 73.0 cm³/mol. The van der Waals surface area contributed by atoms with Gasteiger partial charge >= 0.3 is 0 Å². The Kier molecular flexibility index (Phi) is 3.87. The van der Waals surface area contributed by atoms with E-state index in [2.05, 4.69) is 10.3 Å². The Hall–Kier alpha value is -1.85. The van der Waals surface area contributed by atoms with E-state index in [1.807, 2.05) is 0 Å². The van der Waals surface area contributed by atoms with Gasteiger partial charge in [-0.1, -0.05) is 29.3 Å². The second-order valence-corrected chi connectivity index (χ2v) is 4.46. The first-order valence-corrected chi connectivity index (χ1v) is 5.91. The van der Waals surface area contributed by atoms with Crippen molar-refractivity contribution in [1.29, 1.82) is 0 Å². The molecule has 1 aromatic heterocycles. The number of nitrogens with zero attached hydrogens (tertiary/aromatic N) is 1. The lowest BCUT2D eigenvalue weighted by Gasteiger charge is -2.09. The van der Waals surface area contributed by atoms with Crippen molar-refractivity contribution in [2.75, 3.05) is 11.1 Å². The smallest absolute Gasteiger partial charge is 0.274 e. The van der Waals surface area contributed by atoms with Gasteiger partial charge in [-0.25, -0.2) is 9.37 Å². The number of benzene rings is 1. The van der Waals surface area contributed by atoms with Gasteiger partial charge in [-0.15, -0.1) is 0 Å². The van der Waals surface area contributed by atoms with Crippen molar-refractivity contribution in [3.63, 3.8) is 0 Å². The summed E-state index contributed by atoms with van der Waals surface area (Å²) in [6, 6.07) is 6.72. The monoisotopic (exact) mass is 299 g/mol. The SMILES string of the molecule is Nc1cccc(C(=O)Nc2c(Cl)cc(F)cc2Cl)n1. The molecule has 0 fully saturated rings. The summed E-state index contributed by atoms with van der Waals surface area (Å²) >= 11 is 11.6. The van der Waals surface area contributed by atoms with E-state index in [9.17, 15) is 9.18 Å². The number of nitrogens with two attached hydrogens (primary N) is 1. The minimum atomic E-state index is -0.588. The Balaban J connectivity index is 2.29. The van der Waals surface area contributed by atoms with Crippen LogP contribution >= 0.6 is 23.2 Å². The number of amides is 1. The van der Waals surface area contributed by atoms with Crippen molar-refractivity contribution in [2.45, 2.75) is 0 Å². The first-order valence-electron chi connectivity index (χ1n) is 5.16. The molecule has 19 heavy (non-hydrogen) atoms. The van der Waals surface area contributed by atoms with Crippen LogP contribution in [0.25, 0.3) is 0 Å². The van der Waals surface area contributed by atoms with Gasteiger partial charge in [-0.2, -0.15) is 0 Å². The van der Waals surface area contributed by atoms with Crippen molar-refractivity contribution in [3.05, 3.63) is 51.9 Å². The summed E-state index contributed by atoms with van der Waals surface area (Å²) in [6.07, 6.45) is 0. The topological polar surface area (TPSA) is 68.0 Å². The number of halogens is 3. The molecule has 0 radical (unpaired) electrons. The van der Waals surface area contributed by atoms with E-state index >= 15 is 0 Å². The third kappa shape index (κ3) is 3.13. The summed E-state index contributed by atoms with van der Waals surface area (Å²) in [6.45, 7) is 0. The van der Waals surface area contributed by atoms with E-state index in [0.717, 1.165) is 12.1 Å². The Bertz CT molecular complexity index is 626. The second-order valence-electron chi connectivity index (χ2n) is 3.65. The van der Waals surface area contributed by atoms with Gasteiger partial charge in [0.2, 0.25) is 0 Å².